The van der Waals surface area contributed by atoms with E-state index < -0.39 is 23.2 Å². The lowest BCUT2D eigenvalue weighted by atomic mass is 10.0. The van der Waals surface area contributed by atoms with Gasteiger partial charge in [-0.1, -0.05) is 6.07 Å². The van der Waals surface area contributed by atoms with Crippen molar-refractivity contribution in [2.75, 3.05) is 26.0 Å². The molecule has 0 saturated heterocycles. The number of carbonyl (C=O) groups excluding carboxylic acids is 1. The summed E-state index contributed by atoms with van der Waals surface area (Å²) in [6.45, 7) is 2.94. The topological polar surface area (TPSA) is 52.6 Å². The third-order valence-electron chi connectivity index (χ3n) is 3.45. The highest BCUT2D eigenvalue weighted by Crippen LogP contribution is 2.37. The van der Waals surface area contributed by atoms with Crippen LogP contribution in [0.1, 0.15) is 29.8 Å². The lowest BCUT2D eigenvalue weighted by Gasteiger charge is -2.34. The lowest BCUT2D eigenvalue weighted by Crippen LogP contribution is -2.47. The molecule has 2 N–H and O–H groups in total. The van der Waals surface area contributed by atoms with E-state index in [-0.39, 0.29) is 17.9 Å². The second kappa shape index (κ2) is 5.93. The molecule has 0 radical (unpaired) electrons. The van der Waals surface area contributed by atoms with Crippen LogP contribution in [0.25, 0.3) is 0 Å². The average Bonchev–Trinajstić information content (AvgIpc) is 2.43. The minimum absolute atomic E-state index is 0.0867. The van der Waals surface area contributed by atoms with Gasteiger partial charge >= 0.3 is 6.18 Å². The van der Waals surface area contributed by atoms with Gasteiger partial charge in [0.2, 0.25) is 0 Å². The molecular formula is C14H19F3N2O2. The van der Waals surface area contributed by atoms with E-state index in [0.29, 0.717) is 0 Å². The number of hydrogen-bond donors (Lipinski definition) is 2. The van der Waals surface area contributed by atoms with Gasteiger partial charge in [-0.2, -0.15) is 13.2 Å². The summed E-state index contributed by atoms with van der Waals surface area (Å²) in [6.07, 6.45) is -4.56. The monoisotopic (exact) mass is 304 g/mol. The summed E-state index contributed by atoms with van der Waals surface area (Å²) >= 11 is 0. The molecule has 1 rings (SSSR count). The van der Waals surface area contributed by atoms with Gasteiger partial charge in [0.05, 0.1) is 29.0 Å². The Kier molecular flexibility index (Phi) is 4.88. The number of anilines is 1. The fourth-order valence-electron chi connectivity index (χ4n) is 1.80. The molecule has 7 heteroatoms. The molecule has 0 aromatic heterocycles. The van der Waals surface area contributed by atoms with Crippen LogP contribution in [0.5, 0.6) is 0 Å². The SMILES string of the molecule is CNc1c(C(=O)N(C)C(C)(C)CO)cccc1C(F)(F)F. The van der Waals surface area contributed by atoms with Crippen molar-refractivity contribution in [3.63, 3.8) is 0 Å². The number of hydrogen-bond acceptors (Lipinski definition) is 3. The van der Waals surface area contributed by atoms with Crippen molar-refractivity contribution >= 4 is 11.6 Å². The van der Waals surface area contributed by atoms with E-state index in [1.165, 1.54) is 31.1 Å². The van der Waals surface area contributed by atoms with Gasteiger partial charge in [0.25, 0.3) is 5.91 Å². The molecule has 21 heavy (non-hydrogen) atoms. The van der Waals surface area contributed by atoms with E-state index in [0.717, 1.165) is 6.07 Å². The Morgan fingerprint density at radius 2 is 1.90 bits per heavy atom. The van der Waals surface area contributed by atoms with Crippen molar-refractivity contribution in [2.24, 2.45) is 0 Å². The Balaban J connectivity index is 3.35. The average molecular weight is 304 g/mol. The number of aliphatic hydroxyl groups excluding tert-OH is 1. The highest BCUT2D eigenvalue weighted by Gasteiger charge is 2.36. The predicted molar refractivity (Wildman–Crippen MR) is 74.2 cm³/mol. The summed E-state index contributed by atoms with van der Waals surface area (Å²) in [5.74, 6) is -0.593. The molecule has 0 aliphatic rings. The van der Waals surface area contributed by atoms with Crippen LogP contribution in [0.3, 0.4) is 0 Å². The van der Waals surface area contributed by atoms with Gasteiger partial charge in [0, 0.05) is 14.1 Å². The molecule has 1 aromatic rings. The molecule has 0 spiro atoms. The number of rotatable bonds is 4. The maximum atomic E-state index is 13.0. The van der Waals surface area contributed by atoms with Crippen molar-refractivity contribution in [3.8, 4) is 0 Å². The van der Waals surface area contributed by atoms with E-state index in [9.17, 15) is 23.1 Å². The first kappa shape index (κ1) is 17.3. The molecule has 0 bridgehead atoms. The lowest BCUT2D eigenvalue weighted by molar-refractivity contribution is -0.136. The maximum Gasteiger partial charge on any atom is 0.418 e. The number of carbonyl (C=O) groups is 1. The normalized spacial score (nSPS) is 12.2. The van der Waals surface area contributed by atoms with Crippen LogP contribution in [0.15, 0.2) is 18.2 Å². The highest BCUT2D eigenvalue weighted by atomic mass is 19.4. The highest BCUT2D eigenvalue weighted by molar-refractivity contribution is 6.00. The van der Waals surface area contributed by atoms with Crippen LogP contribution in [-0.2, 0) is 6.18 Å². The molecule has 118 valence electrons. The van der Waals surface area contributed by atoms with E-state index in [4.69, 9.17) is 0 Å². The first-order valence-corrected chi connectivity index (χ1v) is 6.33. The van der Waals surface area contributed by atoms with Gasteiger partial charge in [-0.15, -0.1) is 0 Å². The van der Waals surface area contributed by atoms with Gasteiger partial charge in [0.1, 0.15) is 0 Å². The van der Waals surface area contributed by atoms with Crippen LogP contribution in [0.2, 0.25) is 0 Å². The Labute approximate surface area is 121 Å². The number of benzene rings is 1. The first-order valence-electron chi connectivity index (χ1n) is 6.33. The van der Waals surface area contributed by atoms with E-state index in [1.807, 2.05) is 0 Å². The molecule has 0 heterocycles. The van der Waals surface area contributed by atoms with E-state index in [2.05, 4.69) is 5.32 Å². The van der Waals surface area contributed by atoms with Crippen LogP contribution in [-0.4, -0.2) is 42.2 Å². The number of nitrogens with zero attached hydrogens (tertiary/aromatic N) is 1. The van der Waals surface area contributed by atoms with Crippen molar-refractivity contribution in [1.29, 1.82) is 0 Å². The first-order chi connectivity index (χ1) is 9.56. The van der Waals surface area contributed by atoms with Gasteiger partial charge < -0.3 is 15.3 Å². The second-order valence-corrected chi connectivity index (χ2v) is 5.31. The molecule has 1 amide bonds. The largest absolute Gasteiger partial charge is 0.418 e. The van der Waals surface area contributed by atoms with Crippen molar-refractivity contribution in [3.05, 3.63) is 29.3 Å². The summed E-state index contributed by atoms with van der Waals surface area (Å²) in [5, 5.41) is 11.7. The number of likely N-dealkylation sites (N-methyl/N-ethyl adjacent to an activating group) is 1. The third kappa shape index (κ3) is 3.47. The third-order valence-corrected chi connectivity index (χ3v) is 3.45. The summed E-state index contributed by atoms with van der Waals surface area (Å²) < 4.78 is 38.9. The Morgan fingerprint density at radius 3 is 2.33 bits per heavy atom. The van der Waals surface area contributed by atoms with E-state index >= 15 is 0 Å². The predicted octanol–water partition coefficient (Wildman–Crippen LogP) is 2.59. The maximum absolute atomic E-state index is 13.0. The minimum atomic E-state index is -4.56. The summed E-state index contributed by atoms with van der Waals surface area (Å²) in [4.78, 5) is 13.6. The fraction of sp³-hybridized carbons (Fsp3) is 0.500. The zero-order chi connectivity index (χ0) is 16.4. The minimum Gasteiger partial charge on any atom is -0.394 e. The van der Waals surface area contributed by atoms with Crippen molar-refractivity contribution < 1.29 is 23.1 Å². The number of halogens is 3. The van der Waals surface area contributed by atoms with Gasteiger partial charge in [-0.25, -0.2) is 0 Å². The van der Waals surface area contributed by atoms with Gasteiger partial charge in [0.15, 0.2) is 0 Å². The molecule has 0 aliphatic carbocycles. The number of aliphatic hydroxyl groups is 1. The Bertz CT molecular complexity index is 527. The number of alkyl halides is 3. The molecular weight excluding hydrogens is 285 g/mol. The zero-order valence-electron chi connectivity index (χ0n) is 12.4. The fourth-order valence-corrected chi connectivity index (χ4v) is 1.80. The summed E-state index contributed by atoms with van der Waals surface area (Å²) in [7, 11) is 2.77. The van der Waals surface area contributed by atoms with Crippen LogP contribution >= 0.6 is 0 Å². The zero-order valence-corrected chi connectivity index (χ0v) is 12.4. The number of amides is 1. The van der Waals surface area contributed by atoms with Crippen LogP contribution in [0, 0.1) is 0 Å². The number of para-hydroxylation sites is 1. The standard InChI is InChI=1S/C14H19F3N2O2/c1-13(2,8-20)19(4)12(21)9-6-5-7-10(11(9)18-3)14(15,16)17/h5-7,18,20H,8H2,1-4H3. The van der Waals surface area contributed by atoms with Crippen LogP contribution in [0.4, 0.5) is 18.9 Å². The second-order valence-electron chi connectivity index (χ2n) is 5.31. The molecule has 0 saturated carbocycles. The molecule has 1 aromatic carbocycles. The van der Waals surface area contributed by atoms with E-state index in [1.54, 1.807) is 13.8 Å². The van der Waals surface area contributed by atoms with Crippen molar-refractivity contribution in [1.82, 2.24) is 4.90 Å². The molecule has 0 fully saturated rings. The number of nitrogens with one attached hydrogen (secondary N) is 1. The molecule has 0 unspecified atom stereocenters. The van der Waals surface area contributed by atoms with Gasteiger partial charge in [-0.05, 0) is 26.0 Å². The van der Waals surface area contributed by atoms with Crippen LogP contribution < -0.4 is 5.32 Å². The Hall–Kier alpha value is -1.76. The Morgan fingerprint density at radius 1 is 1.33 bits per heavy atom. The smallest absolute Gasteiger partial charge is 0.394 e. The summed E-state index contributed by atoms with van der Waals surface area (Å²) in [5.41, 5.74) is -2.13. The quantitative estimate of drug-likeness (QED) is 0.899. The van der Waals surface area contributed by atoms with Gasteiger partial charge in [-0.3, -0.25) is 4.79 Å². The molecule has 0 aliphatic heterocycles. The molecule has 4 nitrogen and oxygen atoms in total. The van der Waals surface area contributed by atoms with Crippen molar-refractivity contribution in [2.45, 2.75) is 25.6 Å². The summed E-state index contributed by atoms with van der Waals surface area (Å²) in [6, 6.07) is 3.43. The molecule has 0 atom stereocenters.